The van der Waals surface area contributed by atoms with Crippen molar-refractivity contribution < 1.29 is 59.0 Å². The van der Waals surface area contributed by atoms with Gasteiger partial charge in [-0.2, -0.15) is 11.8 Å². The van der Waals surface area contributed by atoms with Gasteiger partial charge in [-0.15, -0.1) is 0 Å². The van der Waals surface area contributed by atoms with Crippen LogP contribution in [0.25, 0.3) is 0 Å². The number of phenolic OH excluding ortho intramolecular Hbond substituents is 2. The van der Waals surface area contributed by atoms with Crippen LogP contribution >= 0.6 is 11.8 Å². The molecule has 1 aromatic carbocycles. The van der Waals surface area contributed by atoms with Crippen LogP contribution in [0.2, 0.25) is 0 Å². The molecule has 2 heterocycles. The number of carboxylic acids is 1. The maximum atomic E-state index is 13.4. The van der Waals surface area contributed by atoms with Crippen molar-refractivity contribution in [3.8, 4) is 11.5 Å². The number of esters is 1. The number of aliphatic hydroxyl groups excluding tert-OH is 2. The number of fused-ring (bicyclic) bond motifs is 1. The predicted molar refractivity (Wildman–Crippen MR) is 151 cm³/mol. The maximum absolute atomic E-state index is 13.4. The molecule has 44 heavy (non-hydrogen) atoms. The highest BCUT2D eigenvalue weighted by Gasteiger charge is 2.43. The number of likely N-dealkylation sites (tertiary alicyclic amines) is 1. The van der Waals surface area contributed by atoms with E-state index in [1.54, 1.807) is 0 Å². The van der Waals surface area contributed by atoms with E-state index in [4.69, 9.17) is 10.5 Å². The summed E-state index contributed by atoms with van der Waals surface area (Å²) in [4.78, 5) is 77.7. The molecule has 1 saturated heterocycles. The Labute approximate surface area is 255 Å². The average Bonchev–Trinajstić information content (AvgIpc) is 3.36. The number of ether oxygens (including phenoxy) is 1. The maximum Gasteiger partial charge on any atom is 0.339 e. The lowest BCUT2D eigenvalue weighted by atomic mass is 10.0. The molecule has 0 saturated carbocycles. The number of phenols is 2. The Kier molecular flexibility index (Phi) is 11.4. The van der Waals surface area contributed by atoms with Crippen molar-refractivity contribution in [3.05, 3.63) is 22.8 Å². The first kappa shape index (κ1) is 34.4. The van der Waals surface area contributed by atoms with Crippen LogP contribution in [0.4, 0.5) is 0 Å². The summed E-state index contributed by atoms with van der Waals surface area (Å²) in [6.45, 7) is 0.965. The summed E-state index contributed by atoms with van der Waals surface area (Å²) in [7, 11) is 0. The summed E-state index contributed by atoms with van der Waals surface area (Å²) >= 11 is 0.990. The van der Waals surface area contributed by atoms with Gasteiger partial charge in [0.15, 0.2) is 0 Å². The number of carbonyl (C=O) groups is 6. The third kappa shape index (κ3) is 7.68. The van der Waals surface area contributed by atoms with Crippen LogP contribution < -0.4 is 21.7 Å². The molecule has 1 aromatic rings. The van der Waals surface area contributed by atoms with Crippen molar-refractivity contribution in [1.29, 1.82) is 0 Å². The van der Waals surface area contributed by atoms with Gasteiger partial charge in [0.2, 0.25) is 23.6 Å². The zero-order chi connectivity index (χ0) is 32.9. The van der Waals surface area contributed by atoms with Gasteiger partial charge in [0, 0.05) is 35.2 Å². The SMILES string of the molecule is Cc1c(O)cc(O)c2c1C(=O)OC[C@@H](NC(=O)[C@@H]1[C@H](O)CCN1C(=O)[C@@H](N)CO)C(=O)N[C@H](C(=O)N[C@@H](C)C(=O)O)CSC2. The molecule has 0 aromatic heterocycles. The van der Waals surface area contributed by atoms with Gasteiger partial charge in [-0.1, -0.05) is 0 Å². The molecule has 1 fully saturated rings. The largest absolute Gasteiger partial charge is 0.508 e. The summed E-state index contributed by atoms with van der Waals surface area (Å²) in [6, 6.07) is -6.26. The Morgan fingerprint density at radius 2 is 1.89 bits per heavy atom. The number of benzene rings is 1. The first-order valence-corrected chi connectivity index (χ1v) is 14.6. The molecule has 17 nitrogen and oxygen atoms in total. The standard InChI is InChI=1S/C26H35N5O12S/c1-10-17(34)5-18(35)12-8-44-9-15(22(37)28-11(2)25(40)41)30-21(36)14(7-43-26(42)19(10)12)29-23(38)20-16(33)3-4-31(20)24(39)13(27)6-32/h5,11,13-16,20,32-35H,3-4,6-9,27H2,1-2H3,(H,28,37)(H,29,38)(H,30,36)(H,40,41)/t11-,13-,14+,15-,16+,20-/m0/s1. The molecular formula is C26H35N5O12S. The molecule has 0 radical (unpaired) electrons. The third-order valence-electron chi connectivity index (χ3n) is 7.19. The fourth-order valence-corrected chi connectivity index (χ4v) is 5.73. The number of cyclic esters (lactones) is 1. The van der Waals surface area contributed by atoms with Gasteiger partial charge >= 0.3 is 11.9 Å². The molecule has 2 aliphatic rings. The van der Waals surface area contributed by atoms with Gasteiger partial charge in [0.25, 0.3) is 0 Å². The van der Waals surface area contributed by atoms with Crippen LogP contribution in [0.1, 0.15) is 34.8 Å². The summed E-state index contributed by atoms with van der Waals surface area (Å²) in [6.07, 6.45) is -1.38. The molecule has 6 atom stereocenters. The fourth-order valence-electron chi connectivity index (χ4n) is 4.64. The number of aliphatic carboxylic acids is 1. The second-order valence-electron chi connectivity index (χ2n) is 10.3. The monoisotopic (exact) mass is 641 g/mol. The van der Waals surface area contributed by atoms with E-state index in [0.29, 0.717) is 0 Å². The van der Waals surface area contributed by atoms with Crippen molar-refractivity contribution >= 4 is 47.3 Å². The van der Waals surface area contributed by atoms with Crippen LogP contribution in [0.15, 0.2) is 6.07 Å². The molecule has 3 rings (SSSR count). The van der Waals surface area contributed by atoms with E-state index in [2.05, 4.69) is 16.0 Å². The van der Waals surface area contributed by atoms with Crippen LogP contribution in [0.5, 0.6) is 11.5 Å². The Bertz CT molecular complexity index is 1330. The normalized spacial score (nSPS) is 24.0. The molecule has 2 aliphatic heterocycles. The lowest BCUT2D eigenvalue weighted by Gasteiger charge is -2.29. The minimum absolute atomic E-state index is 0.0158. The van der Waals surface area contributed by atoms with E-state index in [0.717, 1.165) is 22.7 Å². The summed E-state index contributed by atoms with van der Waals surface area (Å²) in [5.41, 5.74) is 5.51. The van der Waals surface area contributed by atoms with Crippen LogP contribution in [0, 0.1) is 6.92 Å². The van der Waals surface area contributed by atoms with E-state index in [1.165, 1.54) is 13.8 Å². The molecule has 0 unspecified atom stereocenters. The molecule has 242 valence electrons. The second-order valence-corrected chi connectivity index (χ2v) is 11.3. The number of hydrogen-bond donors (Lipinski definition) is 9. The highest BCUT2D eigenvalue weighted by atomic mass is 32.2. The van der Waals surface area contributed by atoms with E-state index in [9.17, 15) is 54.3 Å². The molecule has 10 N–H and O–H groups in total. The van der Waals surface area contributed by atoms with Gasteiger partial charge in [-0.25, -0.2) is 4.79 Å². The quantitative estimate of drug-likeness (QED) is 0.132. The molecule has 0 bridgehead atoms. The predicted octanol–water partition coefficient (Wildman–Crippen LogP) is -3.35. The summed E-state index contributed by atoms with van der Waals surface area (Å²) in [5, 5.41) is 56.6. The number of nitrogens with one attached hydrogen (secondary N) is 3. The van der Waals surface area contributed by atoms with Crippen molar-refractivity contribution in [3.63, 3.8) is 0 Å². The minimum atomic E-state index is -1.70. The number of nitrogens with two attached hydrogens (primary N) is 1. The molecule has 18 heteroatoms. The van der Waals surface area contributed by atoms with Crippen LogP contribution in [-0.2, 0) is 34.5 Å². The van der Waals surface area contributed by atoms with Gasteiger partial charge in [-0.3, -0.25) is 24.0 Å². The van der Waals surface area contributed by atoms with Crippen molar-refractivity contribution in [2.45, 2.75) is 62.3 Å². The number of nitrogens with zero attached hydrogens (tertiary/aromatic N) is 1. The third-order valence-corrected chi connectivity index (χ3v) is 8.25. The lowest BCUT2D eigenvalue weighted by molar-refractivity contribution is -0.143. The topological polar surface area (TPSA) is 278 Å². The van der Waals surface area contributed by atoms with Gasteiger partial charge < -0.3 is 56.9 Å². The Balaban J connectivity index is 1.96. The van der Waals surface area contributed by atoms with E-state index in [1.807, 2.05) is 0 Å². The Morgan fingerprint density at radius 3 is 2.52 bits per heavy atom. The van der Waals surface area contributed by atoms with E-state index < -0.39 is 96.6 Å². The fraction of sp³-hybridized carbons (Fsp3) is 0.538. The molecule has 0 spiro atoms. The Hall–Kier alpha value is -4.13. The van der Waals surface area contributed by atoms with Crippen LogP contribution in [-0.4, -0.2) is 128 Å². The number of amides is 4. The smallest absolute Gasteiger partial charge is 0.339 e. The second kappa shape index (κ2) is 14.6. The Morgan fingerprint density at radius 1 is 1.20 bits per heavy atom. The van der Waals surface area contributed by atoms with Crippen LogP contribution in [0.3, 0.4) is 0 Å². The van der Waals surface area contributed by atoms with Crippen molar-refractivity contribution in [2.24, 2.45) is 5.73 Å². The number of rotatable bonds is 7. The zero-order valence-electron chi connectivity index (χ0n) is 23.8. The minimum Gasteiger partial charge on any atom is -0.508 e. The first-order valence-electron chi connectivity index (χ1n) is 13.5. The molecule has 0 aliphatic carbocycles. The number of hydrogen-bond acceptors (Lipinski definition) is 13. The van der Waals surface area contributed by atoms with E-state index >= 15 is 0 Å². The molecule has 4 amide bonds. The van der Waals surface area contributed by atoms with E-state index in [-0.39, 0.29) is 41.2 Å². The van der Waals surface area contributed by atoms with Crippen molar-refractivity contribution in [2.75, 3.05) is 25.5 Å². The number of aliphatic hydroxyl groups is 2. The van der Waals surface area contributed by atoms with Gasteiger partial charge in [-0.05, 0) is 20.3 Å². The highest BCUT2D eigenvalue weighted by molar-refractivity contribution is 7.98. The summed E-state index contributed by atoms with van der Waals surface area (Å²) in [5.74, 6) is -7.27. The van der Waals surface area contributed by atoms with Crippen molar-refractivity contribution in [1.82, 2.24) is 20.9 Å². The number of aromatic hydroxyl groups is 2. The number of carbonyl (C=O) groups excluding carboxylic acids is 5. The number of thioether (sulfide) groups is 1. The van der Waals surface area contributed by atoms with Gasteiger partial charge in [0.1, 0.15) is 48.3 Å². The first-order chi connectivity index (χ1) is 20.7. The zero-order valence-corrected chi connectivity index (χ0v) is 24.6. The summed E-state index contributed by atoms with van der Waals surface area (Å²) < 4.78 is 5.31. The highest BCUT2D eigenvalue weighted by Crippen LogP contribution is 2.35. The lowest BCUT2D eigenvalue weighted by Crippen LogP contribution is -2.61. The van der Waals surface area contributed by atoms with Gasteiger partial charge in [0.05, 0.1) is 18.3 Å². The number of carboxylic acid groups (broad SMARTS) is 1. The average molecular weight is 642 g/mol. The molecular weight excluding hydrogens is 606 g/mol.